The fourth-order valence-electron chi connectivity index (χ4n) is 1.70. The van der Waals surface area contributed by atoms with Crippen LogP contribution in [0.5, 0.6) is 5.75 Å². The zero-order valence-corrected chi connectivity index (χ0v) is 11.7. The molecule has 0 saturated carbocycles. The molecule has 0 aliphatic rings. The molecule has 0 radical (unpaired) electrons. The largest absolute Gasteiger partial charge is 0.487 e. The Morgan fingerprint density at radius 1 is 1.25 bits per heavy atom. The molecule has 0 aliphatic heterocycles. The standard InChI is InChI=1S/C15H18FN3O/c1-3-6-17-15-9-18-13(8-19-15)10-20-14-5-4-12(16)7-11(14)2/h4-5,7-9H,3,6,10H2,1-2H3,(H,17,19). The number of nitrogens with one attached hydrogen (secondary N) is 1. The van der Waals surface area contributed by atoms with Crippen LogP contribution < -0.4 is 10.1 Å². The van der Waals surface area contributed by atoms with Crippen LogP contribution in [0.3, 0.4) is 0 Å². The van der Waals surface area contributed by atoms with Gasteiger partial charge in [-0.3, -0.25) is 4.98 Å². The van der Waals surface area contributed by atoms with Crippen molar-refractivity contribution >= 4 is 5.82 Å². The van der Waals surface area contributed by atoms with Crippen LogP contribution >= 0.6 is 0 Å². The average molecular weight is 275 g/mol. The van der Waals surface area contributed by atoms with Crippen LogP contribution in [0.25, 0.3) is 0 Å². The Bertz CT molecular complexity index is 558. The Kier molecular flexibility index (Phi) is 4.87. The topological polar surface area (TPSA) is 47.0 Å². The number of aryl methyl sites for hydroxylation is 1. The zero-order chi connectivity index (χ0) is 14.4. The normalized spacial score (nSPS) is 10.3. The molecule has 1 aromatic carbocycles. The number of anilines is 1. The molecule has 5 heteroatoms. The van der Waals surface area contributed by atoms with E-state index in [-0.39, 0.29) is 5.82 Å². The van der Waals surface area contributed by atoms with E-state index >= 15 is 0 Å². The Morgan fingerprint density at radius 3 is 2.75 bits per heavy atom. The zero-order valence-electron chi connectivity index (χ0n) is 11.7. The van der Waals surface area contributed by atoms with Gasteiger partial charge in [-0.2, -0.15) is 0 Å². The Morgan fingerprint density at radius 2 is 2.10 bits per heavy atom. The minimum atomic E-state index is -0.263. The third-order valence-electron chi connectivity index (χ3n) is 2.77. The van der Waals surface area contributed by atoms with E-state index in [4.69, 9.17) is 4.74 Å². The summed E-state index contributed by atoms with van der Waals surface area (Å²) in [5, 5.41) is 3.15. The van der Waals surface area contributed by atoms with Gasteiger partial charge in [-0.05, 0) is 37.1 Å². The highest BCUT2D eigenvalue weighted by molar-refractivity contribution is 5.33. The number of nitrogens with zero attached hydrogens (tertiary/aromatic N) is 2. The Labute approximate surface area is 118 Å². The van der Waals surface area contributed by atoms with Crippen LogP contribution in [0, 0.1) is 12.7 Å². The van der Waals surface area contributed by atoms with Crippen LogP contribution in [-0.4, -0.2) is 16.5 Å². The highest BCUT2D eigenvalue weighted by atomic mass is 19.1. The molecule has 1 heterocycles. The first-order valence-corrected chi connectivity index (χ1v) is 6.62. The quantitative estimate of drug-likeness (QED) is 0.878. The molecule has 2 aromatic rings. The van der Waals surface area contributed by atoms with Crippen LogP contribution in [-0.2, 0) is 6.61 Å². The van der Waals surface area contributed by atoms with Crippen molar-refractivity contribution in [2.24, 2.45) is 0 Å². The molecule has 1 N–H and O–H groups in total. The first kappa shape index (κ1) is 14.2. The maximum atomic E-state index is 13.0. The number of ether oxygens (including phenoxy) is 1. The van der Waals surface area contributed by atoms with Crippen molar-refractivity contribution in [1.29, 1.82) is 0 Å². The molecular formula is C15H18FN3O. The van der Waals surface area contributed by atoms with E-state index in [1.54, 1.807) is 18.5 Å². The lowest BCUT2D eigenvalue weighted by molar-refractivity contribution is 0.298. The second kappa shape index (κ2) is 6.84. The van der Waals surface area contributed by atoms with Crippen LogP contribution in [0.4, 0.5) is 10.2 Å². The van der Waals surface area contributed by atoms with Crippen LogP contribution in [0.1, 0.15) is 24.6 Å². The highest BCUT2D eigenvalue weighted by Gasteiger charge is 2.03. The number of benzene rings is 1. The second-order valence-electron chi connectivity index (χ2n) is 4.52. The van der Waals surface area contributed by atoms with Crippen LogP contribution in [0.2, 0.25) is 0 Å². The average Bonchev–Trinajstić information content (AvgIpc) is 2.45. The summed E-state index contributed by atoms with van der Waals surface area (Å²) in [6.07, 6.45) is 4.40. The van der Waals surface area contributed by atoms with E-state index in [1.165, 1.54) is 12.1 Å². The minimum absolute atomic E-state index is 0.263. The summed E-state index contributed by atoms with van der Waals surface area (Å²) in [4.78, 5) is 8.52. The third-order valence-corrected chi connectivity index (χ3v) is 2.77. The van der Waals surface area contributed by atoms with Gasteiger partial charge in [0.25, 0.3) is 0 Å². The predicted molar refractivity (Wildman–Crippen MR) is 76.3 cm³/mol. The van der Waals surface area contributed by atoms with E-state index in [0.717, 1.165) is 30.0 Å². The number of aromatic nitrogens is 2. The van der Waals surface area contributed by atoms with Crippen molar-refractivity contribution in [2.45, 2.75) is 26.9 Å². The van der Waals surface area contributed by atoms with E-state index in [2.05, 4.69) is 22.2 Å². The molecule has 4 nitrogen and oxygen atoms in total. The molecule has 20 heavy (non-hydrogen) atoms. The maximum absolute atomic E-state index is 13.0. The van der Waals surface area contributed by atoms with Gasteiger partial charge in [0.05, 0.1) is 18.1 Å². The van der Waals surface area contributed by atoms with Gasteiger partial charge in [0, 0.05) is 6.54 Å². The number of hydrogen-bond donors (Lipinski definition) is 1. The smallest absolute Gasteiger partial charge is 0.144 e. The molecule has 0 amide bonds. The minimum Gasteiger partial charge on any atom is -0.487 e. The molecule has 0 atom stereocenters. The predicted octanol–water partition coefficient (Wildman–Crippen LogP) is 3.33. The van der Waals surface area contributed by atoms with Crippen molar-refractivity contribution < 1.29 is 9.13 Å². The van der Waals surface area contributed by atoms with Gasteiger partial charge in [0.2, 0.25) is 0 Å². The lowest BCUT2D eigenvalue weighted by Crippen LogP contribution is -2.05. The molecule has 0 unspecified atom stereocenters. The van der Waals surface area contributed by atoms with Gasteiger partial charge < -0.3 is 10.1 Å². The Balaban J connectivity index is 1.93. The monoisotopic (exact) mass is 275 g/mol. The summed E-state index contributed by atoms with van der Waals surface area (Å²) >= 11 is 0. The maximum Gasteiger partial charge on any atom is 0.144 e. The summed E-state index contributed by atoms with van der Waals surface area (Å²) in [5.74, 6) is 1.15. The Hall–Kier alpha value is -2.17. The summed E-state index contributed by atoms with van der Waals surface area (Å²) in [5.41, 5.74) is 1.50. The first-order chi connectivity index (χ1) is 9.69. The molecule has 0 saturated heterocycles. The molecule has 1 aromatic heterocycles. The summed E-state index contributed by atoms with van der Waals surface area (Å²) in [7, 11) is 0. The lowest BCUT2D eigenvalue weighted by atomic mass is 10.2. The molecule has 106 valence electrons. The van der Waals surface area contributed by atoms with E-state index in [9.17, 15) is 4.39 Å². The molecule has 2 rings (SSSR count). The number of rotatable bonds is 6. The molecule has 0 bridgehead atoms. The fraction of sp³-hybridized carbons (Fsp3) is 0.333. The van der Waals surface area contributed by atoms with Gasteiger partial charge in [-0.25, -0.2) is 9.37 Å². The van der Waals surface area contributed by atoms with Gasteiger partial charge in [-0.1, -0.05) is 6.92 Å². The SMILES string of the molecule is CCCNc1cnc(COc2ccc(F)cc2C)cn1. The van der Waals surface area contributed by atoms with Crippen molar-refractivity contribution in [3.8, 4) is 5.75 Å². The fourth-order valence-corrected chi connectivity index (χ4v) is 1.70. The highest BCUT2D eigenvalue weighted by Crippen LogP contribution is 2.19. The van der Waals surface area contributed by atoms with Crippen molar-refractivity contribution in [3.05, 3.63) is 47.7 Å². The molecule has 0 aliphatic carbocycles. The summed E-state index contributed by atoms with van der Waals surface area (Å²) in [6.45, 7) is 5.09. The van der Waals surface area contributed by atoms with Crippen molar-refractivity contribution in [1.82, 2.24) is 9.97 Å². The second-order valence-corrected chi connectivity index (χ2v) is 4.52. The summed E-state index contributed by atoms with van der Waals surface area (Å²) < 4.78 is 18.6. The third kappa shape index (κ3) is 3.91. The lowest BCUT2D eigenvalue weighted by Gasteiger charge is -2.09. The van der Waals surface area contributed by atoms with E-state index in [1.807, 2.05) is 6.92 Å². The van der Waals surface area contributed by atoms with E-state index < -0.39 is 0 Å². The van der Waals surface area contributed by atoms with Gasteiger partial charge in [0.1, 0.15) is 24.0 Å². The van der Waals surface area contributed by atoms with Gasteiger partial charge in [0.15, 0.2) is 0 Å². The number of hydrogen-bond acceptors (Lipinski definition) is 4. The summed E-state index contributed by atoms with van der Waals surface area (Å²) in [6, 6.07) is 4.44. The van der Waals surface area contributed by atoms with Crippen molar-refractivity contribution in [2.75, 3.05) is 11.9 Å². The van der Waals surface area contributed by atoms with Crippen molar-refractivity contribution in [3.63, 3.8) is 0 Å². The van der Waals surface area contributed by atoms with E-state index in [0.29, 0.717) is 12.4 Å². The molecule has 0 fully saturated rings. The number of halogens is 1. The molecular weight excluding hydrogens is 257 g/mol. The molecule has 0 spiro atoms. The van der Waals surface area contributed by atoms with Crippen LogP contribution in [0.15, 0.2) is 30.6 Å². The van der Waals surface area contributed by atoms with Gasteiger partial charge in [-0.15, -0.1) is 0 Å². The first-order valence-electron chi connectivity index (χ1n) is 6.62. The van der Waals surface area contributed by atoms with Gasteiger partial charge >= 0.3 is 0 Å².